The van der Waals surface area contributed by atoms with E-state index in [1.54, 1.807) is 0 Å². The number of hydrogen-bond acceptors (Lipinski definition) is 3. The summed E-state index contributed by atoms with van der Waals surface area (Å²) in [4.78, 5) is 11.0. The maximum atomic E-state index is 11.0. The Balaban J connectivity index is 2.19. The lowest BCUT2D eigenvalue weighted by atomic mass is 9.67. The fourth-order valence-corrected chi connectivity index (χ4v) is 3.25. The van der Waals surface area contributed by atoms with Crippen molar-refractivity contribution in [2.45, 2.75) is 64.3 Å². The summed E-state index contributed by atoms with van der Waals surface area (Å²) in [5.41, 5.74) is -0.260. The fraction of sp³-hybridized carbons (Fsp3) is 0.917. The topological polar surface area (TPSA) is 35.5 Å². The van der Waals surface area contributed by atoms with Crippen LogP contribution in [0, 0.1) is 5.92 Å². The molecule has 3 rings (SSSR count). The number of ether oxygens (including phenoxy) is 2. The van der Waals surface area contributed by atoms with Crippen molar-refractivity contribution in [3.63, 3.8) is 0 Å². The van der Waals surface area contributed by atoms with Gasteiger partial charge in [0.2, 0.25) is 0 Å². The third-order valence-electron chi connectivity index (χ3n) is 3.79. The van der Waals surface area contributed by atoms with Crippen LogP contribution in [-0.2, 0) is 14.3 Å². The van der Waals surface area contributed by atoms with Crippen molar-refractivity contribution < 1.29 is 14.3 Å². The summed E-state index contributed by atoms with van der Waals surface area (Å²) < 4.78 is 11.5. The monoisotopic (exact) mass is 212 g/mol. The summed E-state index contributed by atoms with van der Waals surface area (Å²) in [5.74, 6) is 0.176. The summed E-state index contributed by atoms with van der Waals surface area (Å²) in [6, 6.07) is 0. The quantitative estimate of drug-likeness (QED) is 0.625. The van der Waals surface area contributed by atoms with Gasteiger partial charge in [0.1, 0.15) is 6.10 Å². The molecular formula is C12H20O3. The third-order valence-corrected chi connectivity index (χ3v) is 3.79. The Morgan fingerprint density at radius 2 is 2.07 bits per heavy atom. The Morgan fingerprint density at radius 1 is 1.40 bits per heavy atom. The summed E-state index contributed by atoms with van der Waals surface area (Å²) in [5, 5.41) is 0. The Morgan fingerprint density at radius 3 is 2.53 bits per heavy atom. The van der Waals surface area contributed by atoms with Gasteiger partial charge >= 0.3 is 5.97 Å². The lowest BCUT2D eigenvalue weighted by Gasteiger charge is -2.56. The molecule has 1 aliphatic carbocycles. The van der Waals surface area contributed by atoms with Gasteiger partial charge in [-0.25, -0.2) is 0 Å². The van der Waals surface area contributed by atoms with E-state index in [0.29, 0.717) is 5.92 Å². The average Bonchev–Trinajstić information content (AvgIpc) is 1.97. The molecule has 2 saturated heterocycles. The molecule has 0 amide bonds. The first-order valence-corrected chi connectivity index (χ1v) is 5.70. The number of rotatable bonds is 1. The van der Waals surface area contributed by atoms with Crippen LogP contribution < -0.4 is 0 Å². The van der Waals surface area contributed by atoms with Gasteiger partial charge in [0.05, 0.1) is 11.2 Å². The molecule has 86 valence electrons. The Labute approximate surface area is 91.1 Å². The van der Waals surface area contributed by atoms with E-state index in [4.69, 9.17) is 9.47 Å². The van der Waals surface area contributed by atoms with E-state index >= 15 is 0 Å². The number of hydrogen-bond donors (Lipinski definition) is 0. The minimum atomic E-state index is -0.174. The van der Waals surface area contributed by atoms with E-state index in [1.807, 2.05) is 0 Å². The van der Waals surface area contributed by atoms with Crippen molar-refractivity contribution >= 4 is 5.97 Å². The highest BCUT2D eigenvalue weighted by Gasteiger charge is 2.54. The summed E-state index contributed by atoms with van der Waals surface area (Å²) in [6.45, 7) is 7.81. The van der Waals surface area contributed by atoms with Crippen LogP contribution >= 0.6 is 0 Å². The fourth-order valence-electron chi connectivity index (χ4n) is 3.25. The molecule has 0 N–H and O–H groups in total. The normalized spacial score (nSPS) is 42.7. The Hall–Kier alpha value is -0.570. The Bertz CT molecular complexity index is 282. The molecule has 3 nitrogen and oxygen atoms in total. The highest BCUT2D eigenvalue weighted by Crippen LogP contribution is 2.50. The molecule has 3 fully saturated rings. The van der Waals surface area contributed by atoms with Crippen LogP contribution in [0.15, 0.2) is 0 Å². The van der Waals surface area contributed by atoms with Gasteiger partial charge in [0.15, 0.2) is 0 Å². The average molecular weight is 212 g/mol. The summed E-state index contributed by atoms with van der Waals surface area (Å²) in [6.07, 6.45) is 3.08. The van der Waals surface area contributed by atoms with E-state index in [9.17, 15) is 4.79 Å². The second-order valence-corrected chi connectivity index (χ2v) is 5.65. The molecule has 0 aromatic rings. The standard InChI is InChI=1S/C12H20O3/c1-8(13)14-10-7-12(4)6-5-9(10)11(2,3)15-12/h9-10H,5-7H2,1-4H3/t9-,10?,12?/m1/s1. The zero-order chi connectivity index (χ0) is 11.3. The van der Waals surface area contributed by atoms with Crippen molar-refractivity contribution in [1.82, 2.24) is 0 Å². The molecule has 3 atom stereocenters. The van der Waals surface area contributed by atoms with Crippen LogP contribution in [0.25, 0.3) is 0 Å². The molecule has 0 aromatic heterocycles. The number of carbonyl (C=O) groups excluding carboxylic acids is 1. The van der Waals surface area contributed by atoms with Gasteiger partial charge in [0.25, 0.3) is 0 Å². The van der Waals surface area contributed by atoms with Crippen molar-refractivity contribution in [2.75, 3.05) is 0 Å². The molecule has 2 aliphatic heterocycles. The highest BCUT2D eigenvalue weighted by atomic mass is 16.6. The van der Waals surface area contributed by atoms with Crippen molar-refractivity contribution in [3.8, 4) is 0 Å². The zero-order valence-electron chi connectivity index (χ0n) is 10.0. The minimum absolute atomic E-state index is 0.0463. The highest BCUT2D eigenvalue weighted by molar-refractivity contribution is 5.66. The first-order chi connectivity index (χ1) is 6.82. The van der Waals surface area contributed by atoms with Crippen LogP contribution in [-0.4, -0.2) is 23.3 Å². The van der Waals surface area contributed by atoms with Gasteiger partial charge in [0, 0.05) is 19.3 Å². The number of carbonyl (C=O) groups is 1. The molecule has 15 heavy (non-hydrogen) atoms. The molecule has 0 spiro atoms. The third kappa shape index (κ3) is 1.89. The van der Waals surface area contributed by atoms with E-state index in [2.05, 4.69) is 20.8 Å². The molecule has 3 heteroatoms. The van der Waals surface area contributed by atoms with Crippen molar-refractivity contribution in [1.29, 1.82) is 0 Å². The van der Waals surface area contributed by atoms with E-state index in [0.717, 1.165) is 19.3 Å². The van der Waals surface area contributed by atoms with Crippen molar-refractivity contribution in [2.24, 2.45) is 5.92 Å². The molecule has 3 aliphatic rings. The molecule has 1 saturated carbocycles. The second-order valence-electron chi connectivity index (χ2n) is 5.65. The molecule has 2 unspecified atom stereocenters. The first-order valence-electron chi connectivity index (χ1n) is 5.70. The Kier molecular flexibility index (Phi) is 2.34. The first kappa shape index (κ1) is 10.9. The zero-order valence-corrected chi connectivity index (χ0v) is 10.0. The maximum absolute atomic E-state index is 11.0. The second kappa shape index (κ2) is 3.21. The predicted octanol–water partition coefficient (Wildman–Crippen LogP) is 2.29. The van der Waals surface area contributed by atoms with Gasteiger partial charge < -0.3 is 9.47 Å². The van der Waals surface area contributed by atoms with Crippen LogP contribution in [0.1, 0.15) is 47.0 Å². The largest absolute Gasteiger partial charge is 0.462 e. The number of fused-ring (bicyclic) bond motifs is 3. The molecule has 0 radical (unpaired) electrons. The SMILES string of the molecule is CC(=O)OC1CC2(C)CC[C@H]1C(C)(C)O2. The predicted molar refractivity (Wildman–Crippen MR) is 56.5 cm³/mol. The van der Waals surface area contributed by atoms with E-state index in [-0.39, 0.29) is 23.3 Å². The lowest BCUT2D eigenvalue weighted by molar-refractivity contribution is -0.267. The molecular weight excluding hydrogens is 192 g/mol. The van der Waals surface area contributed by atoms with Gasteiger partial charge in [-0.15, -0.1) is 0 Å². The van der Waals surface area contributed by atoms with Crippen LogP contribution in [0.3, 0.4) is 0 Å². The van der Waals surface area contributed by atoms with Gasteiger partial charge in [-0.3, -0.25) is 4.79 Å². The van der Waals surface area contributed by atoms with Gasteiger partial charge in [-0.2, -0.15) is 0 Å². The smallest absolute Gasteiger partial charge is 0.302 e. The minimum Gasteiger partial charge on any atom is -0.462 e. The lowest BCUT2D eigenvalue weighted by Crippen LogP contribution is -2.60. The molecule has 0 aromatic carbocycles. The number of esters is 1. The van der Waals surface area contributed by atoms with Crippen molar-refractivity contribution in [3.05, 3.63) is 0 Å². The molecule has 2 heterocycles. The van der Waals surface area contributed by atoms with E-state index in [1.165, 1.54) is 6.92 Å². The van der Waals surface area contributed by atoms with Crippen LogP contribution in [0.2, 0.25) is 0 Å². The molecule has 2 bridgehead atoms. The summed E-state index contributed by atoms with van der Waals surface area (Å²) >= 11 is 0. The van der Waals surface area contributed by atoms with Gasteiger partial charge in [-0.1, -0.05) is 0 Å². The summed E-state index contributed by atoms with van der Waals surface area (Å²) in [7, 11) is 0. The van der Waals surface area contributed by atoms with E-state index < -0.39 is 0 Å². The van der Waals surface area contributed by atoms with Gasteiger partial charge in [-0.05, 0) is 33.6 Å². The van der Waals surface area contributed by atoms with Crippen LogP contribution in [0.5, 0.6) is 0 Å². The van der Waals surface area contributed by atoms with Crippen LogP contribution in [0.4, 0.5) is 0 Å². The maximum Gasteiger partial charge on any atom is 0.302 e.